The summed E-state index contributed by atoms with van der Waals surface area (Å²) in [5, 5.41) is 16.9. The molecular weight excluding hydrogens is 469 g/mol. The van der Waals surface area contributed by atoms with E-state index in [9.17, 15) is 4.79 Å². The number of hydrogen-bond donors (Lipinski definition) is 3. The second kappa shape index (κ2) is 10.5. The average molecular weight is 496 g/mol. The van der Waals surface area contributed by atoms with Gasteiger partial charge in [-0.25, -0.2) is 9.48 Å². The van der Waals surface area contributed by atoms with Crippen LogP contribution < -0.4 is 16.0 Å². The molecule has 0 bridgehead atoms. The molecule has 34 heavy (non-hydrogen) atoms. The number of benzene rings is 3. The van der Waals surface area contributed by atoms with Gasteiger partial charge in [-0.2, -0.15) is 5.10 Å². The molecule has 2 amide bonds. The van der Waals surface area contributed by atoms with Crippen LogP contribution in [0.25, 0.3) is 16.5 Å². The zero-order chi connectivity index (χ0) is 22.8. The Labute approximate surface area is 210 Å². The van der Waals surface area contributed by atoms with Crippen molar-refractivity contribution in [3.63, 3.8) is 0 Å². The molecule has 2 heterocycles. The Balaban J connectivity index is 0.00000274. The van der Waals surface area contributed by atoms with Crippen LogP contribution in [0, 0.1) is 6.92 Å². The number of rotatable bonds is 4. The van der Waals surface area contributed by atoms with Gasteiger partial charge in [0, 0.05) is 27.3 Å². The zero-order valence-electron chi connectivity index (χ0n) is 18.8. The normalized spacial score (nSPS) is 13.9. The second-order valence-electron chi connectivity index (χ2n) is 8.35. The number of nitrogens with zero attached hydrogens (tertiary/aromatic N) is 2. The molecule has 4 aromatic rings. The number of nitrogens with one attached hydrogen (secondary N) is 3. The van der Waals surface area contributed by atoms with E-state index in [2.05, 4.69) is 16.0 Å². The summed E-state index contributed by atoms with van der Waals surface area (Å²) in [6.45, 7) is 4.00. The second-order valence-corrected chi connectivity index (χ2v) is 8.76. The van der Waals surface area contributed by atoms with E-state index in [-0.39, 0.29) is 18.4 Å². The molecule has 0 unspecified atom stereocenters. The van der Waals surface area contributed by atoms with Crippen LogP contribution in [0.2, 0.25) is 5.02 Å². The lowest BCUT2D eigenvalue weighted by Gasteiger charge is -2.21. The predicted octanol–water partition coefficient (Wildman–Crippen LogP) is 6.52. The quantitative estimate of drug-likeness (QED) is 0.301. The van der Waals surface area contributed by atoms with E-state index in [0.29, 0.717) is 22.4 Å². The number of carbonyl (C=O) groups is 1. The number of halogens is 2. The molecular formula is C26H27Cl2N5O. The molecule has 1 aliphatic heterocycles. The van der Waals surface area contributed by atoms with E-state index in [1.807, 2.05) is 72.3 Å². The number of para-hydroxylation sites is 1. The minimum atomic E-state index is -0.320. The van der Waals surface area contributed by atoms with Crippen molar-refractivity contribution in [2.24, 2.45) is 0 Å². The fraction of sp³-hybridized carbons (Fsp3) is 0.231. The van der Waals surface area contributed by atoms with Gasteiger partial charge >= 0.3 is 6.03 Å². The molecule has 6 nitrogen and oxygen atoms in total. The van der Waals surface area contributed by atoms with Gasteiger partial charge in [0.05, 0.1) is 17.1 Å². The molecule has 8 heteroatoms. The van der Waals surface area contributed by atoms with Crippen LogP contribution in [0.4, 0.5) is 16.3 Å². The number of hydrogen-bond acceptors (Lipinski definition) is 3. The Kier molecular flexibility index (Phi) is 7.41. The molecule has 1 aromatic heterocycles. The Morgan fingerprint density at radius 2 is 1.65 bits per heavy atom. The first-order valence-electron chi connectivity index (χ1n) is 11.2. The monoisotopic (exact) mass is 495 g/mol. The minimum Gasteiger partial charge on any atom is -0.317 e. The SMILES string of the molecule is Cc1c(C2CCNCC2)nn(-c2ccccc2)c1NC(=O)Nc1ccc(Cl)c2ccccc12.Cl. The number of carbonyl (C=O) groups excluding carboxylic acids is 1. The highest BCUT2D eigenvalue weighted by molar-refractivity contribution is 6.36. The maximum absolute atomic E-state index is 13.1. The number of urea groups is 1. The van der Waals surface area contributed by atoms with Crippen LogP contribution in [0.1, 0.15) is 30.0 Å². The van der Waals surface area contributed by atoms with Crippen LogP contribution in [-0.4, -0.2) is 28.9 Å². The Morgan fingerprint density at radius 1 is 0.971 bits per heavy atom. The zero-order valence-corrected chi connectivity index (χ0v) is 20.4. The first kappa shape index (κ1) is 24.1. The molecule has 1 fully saturated rings. The lowest BCUT2D eigenvalue weighted by Crippen LogP contribution is -2.27. The van der Waals surface area contributed by atoms with Crippen LogP contribution >= 0.6 is 24.0 Å². The summed E-state index contributed by atoms with van der Waals surface area (Å²) in [4.78, 5) is 13.1. The summed E-state index contributed by atoms with van der Waals surface area (Å²) in [6.07, 6.45) is 2.07. The maximum atomic E-state index is 13.1. The molecule has 5 rings (SSSR count). The number of anilines is 2. The first-order valence-corrected chi connectivity index (χ1v) is 11.6. The van der Waals surface area contributed by atoms with Crippen molar-refractivity contribution < 1.29 is 4.79 Å². The average Bonchev–Trinajstić information content (AvgIpc) is 3.18. The van der Waals surface area contributed by atoms with E-state index in [4.69, 9.17) is 16.7 Å². The fourth-order valence-electron chi connectivity index (χ4n) is 4.53. The molecule has 1 saturated heterocycles. The molecule has 176 valence electrons. The number of piperidine rings is 1. The predicted molar refractivity (Wildman–Crippen MR) is 142 cm³/mol. The Hall–Kier alpha value is -3.06. The molecule has 0 aliphatic carbocycles. The number of aromatic nitrogens is 2. The molecule has 0 saturated carbocycles. The van der Waals surface area contributed by atoms with Crippen molar-refractivity contribution >= 4 is 52.3 Å². The smallest absolute Gasteiger partial charge is 0.317 e. The van der Waals surface area contributed by atoms with Crippen molar-refractivity contribution in [2.45, 2.75) is 25.7 Å². The van der Waals surface area contributed by atoms with Crippen LogP contribution in [-0.2, 0) is 0 Å². The van der Waals surface area contributed by atoms with Gasteiger partial charge in [-0.3, -0.25) is 5.32 Å². The van der Waals surface area contributed by atoms with Gasteiger partial charge in [0.15, 0.2) is 0 Å². The topological polar surface area (TPSA) is 71.0 Å². The van der Waals surface area contributed by atoms with Crippen molar-refractivity contribution in [1.82, 2.24) is 15.1 Å². The van der Waals surface area contributed by atoms with Gasteiger partial charge in [0.2, 0.25) is 0 Å². The lowest BCUT2D eigenvalue weighted by molar-refractivity contribution is 0.262. The van der Waals surface area contributed by atoms with Crippen LogP contribution in [0.15, 0.2) is 66.7 Å². The van der Waals surface area contributed by atoms with E-state index in [0.717, 1.165) is 53.6 Å². The lowest BCUT2D eigenvalue weighted by atomic mass is 9.92. The molecule has 0 spiro atoms. The molecule has 1 aliphatic rings. The molecule has 3 N–H and O–H groups in total. The Morgan fingerprint density at radius 3 is 2.38 bits per heavy atom. The van der Waals surface area contributed by atoms with E-state index in [1.165, 1.54) is 0 Å². The van der Waals surface area contributed by atoms with Crippen LogP contribution in [0.3, 0.4) is 0 Å². The van der Waals surface area contributed by atoms with Gasteiger partial charge in [-0.05, 0) is 57.1 Å². The first-order chi connectivity index (χ1) is 16.1. The molecule has 0 radical (unpaired) electrons. The highest BCUT2D eigenvalue weighted by atomic mass is 35.5. The highest BCUT2D eigenvalue weighted by Gasteiger charge is 2.25. The number of amides is 2. The fourth-order valence-corrected chi connectivity index (χ4v) is 4.76. The van der Waals surface area contributed by atoms with Gasteiger partial charge in [0.1, 0.15) is 5.82 Å². The third-order valence-electron chi connectivity index (χ3n) is 6.24. The van der Waals surface area contributed by atoms with Crippen molar-refractivity contribution in [1.29, 1.82) is 0 Å². The maximum Gasteiger partial charge on any atom is 0.324 e. The summed E-state index contributed by atoms with van der Waals surface area (Å²) in [7, 11) is 0. The van der Waals surface area contributed by atoms with Crippen molar-refractivity contribution in [2.75, 3.05) is 23.7 Å². The minimum absolute atomic E-state index is 0. The highest BCUT2D eigenvalue weighted by Crippen LogP contribution is 2.33. The summed E-state index contributed by atoms with van der Waals surface area (Å²) in [6, 6.07) is 21.0. The molecule has 3 aromatic carbocycles. The summed E-state index contributed by atoms with van der Waals surface area (Å²) in [5.41, 5.74) is 3.66. The standard InChI is InChI=1S/C26H26ClN5O.ClH/c1-17-24(18-13-15-28-16-14-18)31-32(19-7-3-2-4-8-19)25(17)30-26(33)29-23-12-11-22(27)20-9-5-6-10-21(20)23;/h2-12,18,28H,13-16H2,1H3,(H2,29,30,33);1H. The van der Waals surface area contributed by atoms with Gasteiger partial charge in [-0.15, -0.1) is 12.4 Å². The van der Waals surface area contributed by atoms with Crippen molar-refractivity contribution in [3.05, 3.63) is 83.0 Å². The third kappa shape index (κ3) is 4.75. The van der Waals surface area contributed by atoms with E-state index < -0.39 is 0 Å². The summed E-state index contributed by atoms with van der Waals surface area (Å²) >= 11 is 6.34. The number of fused-ring (bicyclic) bond motifs is 1. The summed E-state index contributed by atoms with van der Waals surface area (Å²) in [5.74, 6) is 1.06. The Bertz CT molecular complexity index is 1300. The van der Waals surface area contributed by atoms with E-state index in [1.54, 1.807) is 6.07 Å². The third-order valence-corrected chi connectivity index (χ3v) is 6.57. The van der Waals surface area contributed by atoms with Crippen molar-refractivity contribution in [3.8, 4) is 5.69 Å². The van der Waals surface area contributed by atoms with E-state index >= 15 is 0 Å². The largest absolute Gasteiger partial charge is 0.324 e. The summed E-state index contributed by atoms with van der Waals surface area (Å²) < 4.78 is 1.84. The van der Waals surface area contributed by atoms with Gasteiger partial charge in [-0.1, -0.05) is 54.1 Å². The molecule has 0 atom stereocenters. The van der Waals surface area contributed by atoms with Gasteiger partial charge in [0.25, 0.3) is 0 Å². The van der Waals surface area contributed by atoms with Gasteiger partial charge < -0.3 is 10.6 Å². The van der Waals surface area contributed by atoms with Crippen LogP contribution in [0.5, 0.6) is 0 Å².